The van der Waals surface area contributed by atoms with Crippen LogP contribution in [-0.4, -0.2) is 19.2 Å². The van der Waals surface area contributed by atoms with Crippen molar-refractivity contribution in [2.45, 2.75) is 40.0 Å². The third kappa shape index (κ3) is 5.82. The van der Waals surface area contributed by atoms with Crippen LogP contribution in [0.25, 0.3) is 0 Å². The molecule has 25 heavy (non-hydrogen) atoms. The lowest BCUT2D eigenvalue weighted by Gasteiger charge is -2.12. The van der Waals surface area contributed by atoms with Crippen LogP contribution < -0.4 is 14.2 Å². The average Bonchev–Trinajstić information content (AvgIpc) is 2.63. The molecule has 0 bridgehead atoms. The van der Waals surface area contributed by atoms with Crippen LogP contribution >= 0.6 is 0 Å². The van der Waals surface area contributed by atoms with E-state index in [0.29, 0.717) is 37.6 Å². The molecule has 0 aliphatic heterocycles. The van der Waals surface area contributed by atoms with Gasteiger partial charge in [-0.2, -0.15) is 0 Å². The first kappa shape index (κ1) is 18.8. The van der Waals surface area contributed by atoms with Crippen LogP contribution in [0, 0.1) is 0 Å². The molecule has 0 aromatic heterocycles. The normalized spacial score (nSPS) is 10.4. The molecule has 0 fully saturated rings. The molecule has 0 amide bonds. The summed E-state index contributed by atoms with van der Waals surface area (Å²) in [5.74, 6) is 1.68. The van der Waals surface area contributed by atoms with Crippen molar-refractivity contribution in [3.63, 3.8) is 0 Å². The summed E-state index contributed by atoms with van der Waals surface area (Å²) in [6, 6.07) is 13.5. The van der Waals surface area contributed by atoms with Gasteiger partial charge >= 0.3 is 5.97 Å². The Bertz CT molecular complexity index is 677. The van der Waals surface area contributed by atoms with E-state index < -0.39 is 0 Å². The molecule has 0 radical (unpaired) electrons. The first-order valence-corrected chi connectivity index (χ1v) is 8.84. The summed E-state index contributed by atoms with van der Waals surface area (Å²) >= 11 is 0. The van der Waals surface area contributed by atoms with Gasteiger partial charge in [-0.3, -0.25) is 4.79 Å². The highest BCUT2D eigenvalue weighted by atomic mass is 16.6. The van der Waals surface area contributed by atoms with Crippen molar-refractivity contribution in [3.05, 3.63) is 53.6 Å². The van der Waals surface area contributed by atoms with Crippen LogP contribution in [-0.2, 0) is 17.6 Å². The van der Waals surface area contributed by atoms with Gasteiger partial charge in [-0.05, 0) is 62.1 Å². The van der Waals surface area contributed by atoms with E-state index in [1.807, 2.05) is 50.2 Å². The number of carbonyl (C=O) groups excluding carboxylic acids is 1. The molecule has 4 heteroatoms. The number of aryl methyl sites for hydroxylation is 2. The molecular weight excluding hydrogens is 316 g/mol. The molecule has 0 N–H and O–H groups in total. The van der Waals surface area contributed by atoms with Gasteiger partial charge in [0.15, 0.2) is 11.5 Å². The summed E-state index contributed by atoms with van der Waals surface area (Å²) in [5, 5.41) is 0. The first-order chi connectivity index (χ1) is 12.2. The predicted octanol–water partition coefficient (Wildman–Crippen LogP) is 4.58. The molecule has 0 saturated heterocycles. The van der Waals surface area contributed by atoms with Gasteiger partial charge < -0.3 is 14.2 Å². The highest BCUT2D eigenvalue weighted by Crippen LogP contribution is 2.29. The van der Waals surface area contributed by atoms with Gasteiger partial charge in [0, 0.05) is 6.42 Å². The zero-order valence-corrected chi connectivity index (χ0v) is 15.2. The van der Waals surface area contributed by atoms with E-state index >= 15 is 0 Å². The number of rotatable bonds is 9. The molecule has 0 heterocycles. The monoisotopic (exact) mass is 342 g/mol. The zero-order valence-electron chi connectivity index (χ0n) is 15.2. The van der Waals surface area contributed by atoms with E-state index in [9.17, 15) is 4.79 Å². The Balaban J connectivity index is 1.93. The Hall–Kier alpha value is -2.49. The second kappa shape index (κ2) is 9.72. The standard InChI is InChI=1S/C21H26O4/c1-4-16-9-13-19(20(15-16)24-6-3)25-21(22)14-10-17-7-11-18(12-8-17)23-5-2/h7-9,11-13,15H,4-6,10,14H2,1-3H3. The number of hydrogen-bond donors (Lipinski definition) is 0. The molecule has 0 saturated carbocycles. The van der Waals surface area contributed by atoms with Crippen LogP contribution in [0.15, 0.2) is 42.5 Å². The van der Waals surface area contributed by atoms with Crippen LogP contribution in [0.5, 0.6) is 17.2 Å². The third-order valence-corrected chi connectivity index (χ3v) is 3.79. The van der Waals surface area contributed by atoms with E-state index in [-0.39, 0.29) is 5.97 Å². The van der Waals surface area contributed by atoms with E-state index in [1.54, 1.807) is 6.07 Å². The average molecular weight is 342 g/mol. The Kier molecular flexibility index (Phi) is 7.33. The summed E-state index contributed by atoms with van der Waals surface area (Å²) < 4.78 is 16.5. The van der Waals surface area contributed by atoms with Gasteiger partial charge in [0.2, 0.25) is 0 Å². The van der Waals surface area contributed by atoms with Crippen LogP contribution in [0.2, 0.25) is 0 Å². The van der Waals surface area contributed by atoms with Gasteiger partial charge in [-0.15, -0.1) is 0 Å². The van der Waals surface area contributed by atoms with Crippen molar-refractivity contribution in [1.29, 1.82) is 0 Å². The second-order valence-electron chi connectivity index (χ2n) is 5.62. The molecule has 2 aromatic rings. The maximum absolute atomic E-state index is 12.2. The molecular formula is C21H26O4. The fourth-order valence-electron chi connectivity index (χ4n) is 2.46. The number of ether oxygens (including phenoxy) is 3. The predicted molar refractivity (Wildman–Crippen MR) is 98.6 cm³/mol. The molecule has 0 unspecified atom stereocenters. The number of hydrogen-bond acceptors (Lipinski definition) is 4. The Labute approximate surface area is 149 Å². The SMILES string of the molecule is CCOc1ccc(CCC(=O)Oc2ccc(CC)cc2OCC)cc1. The van der Waals surface area contributed by atoms with Crippen molar-refractivity contribution in [2.24, 2.45) is 0 Å². The van der Waals surface area contributed by atoms with Crippen LogP contribution in [0.1, 0.15) is 38.3 Å². The molecule has 2 rings (SSSR count). The van der Waals surface area contributed by atoms with Gasteiger partial charge in [0.05, 0.1) is 13.2 Å². The van der Waals surface area contributed by atoms with E-state index in [1.165, 1.54) is 0 Å². The number of benzene rings is 2. The summed E-state index contributed by atoms with van der Waals surface area (Å²) in [5.41, 5.74) is 2.23. The minimum absolute atomic E-state index is 0.265. The minimum atomic E-state index is -0.265. The third-order valence-electron chi connectivity index (χ3n) is 3.79. The summed E-state index contributed by atoms with van der Waals surface area (Å²) in [6.45, 7) is 7.12. The molecule has 134 valence electrons. The molecule has 2 aromatic carbocycles. The summed E-state index contributed by atoms with van der Waals surface area (Å²) in [4.78, 5) is 12.2. The van der Waals surface area contributed by atoms with Crippen molar-refractivity contribution >= 4 is 5.97 Å². The van der Waals surface area contributed by atoms with Crippen molar-refractivity contribution in [2.75, 3.05) is 13.2 Å². The molecule has 0 atom stereocenters. The van der Waals surface area contributed by atoms with Gasteiger partial charge in [0.25, 0.3) is 0 Å². The highest BCUT2D eigenvalue weighted by Gasteiger charge is 2.11. The van der Waals surface area contributed by atoms with Crippen molar-refractivity contribution in [3.8, 4) is 17.2 Å². The topological polar surface area (TPSA) is 44.8 Å². The lowest BCUT2D eigenvalue weighted by molar-refractivity contribution is -0.134. The molecule has 0 aliphatic rings. The minimum Gasteiger partial charge on any atom is -0.494 e. The largest absolute Gasteiger partial charge is 0.494 e. The fourth-order valence-corrected chi connectivity index (χ4v) is 2.46. The maximum Gasteiger partial charge on any atom is 0.311 e. The van der Waals surface area contributed by atoms with E-state index in [0.717, 1.165) is 23.3 Å². The number of carbonyl (C=O) groups is 1. The summed E-state index contributed by atoms with van der Waals surface area (Å²) in [6.07, 6.45) is 1.85. The van der Waals surface area contributed by atoms with Crippen molar-refractivity contribution in [1.82, 2.24) is 0 Å². The van der Waals surface area contributed by atoms with Gasteiger partial charge in [-0.25, -0.2) is 0 Å². The quantitative estimate of drug-likeness (QED) is 0.494. The number of esters is 1. The first-order valence-electron chi connectivity index (χ1n) is 8.84. The van der Waals surface area contributed by atoms with Crippen LogP contribution in [0.4, 0.5) is 0 Å². The van der Waals surface area contributed by atoms with Crippen molar-refractivity contribution < 1.29 is 19.0 Å². The Morgan fingerprint density at radius 2 is 1.52 bits per heavy atom. The Morgan fingerprint density at radius 1 is 0.840 bits per heavy atom. The maximum atomic E-state index is 12.2. The lowest BCUT2D eigenvalue weighted by Crippen LogP contribution is -2.10. The highest BCUT2D eigenvalue weighted by molar-refractivity contribution is 5.73. The van der Waals surface area contributed by atoms with E-state index in [2.05, 4.69) is 6.92 Å². The summed E-state index contributed by atoms with van der Waals surface area (Å²) in [7, 11) is 0. The molecule has 0 aliphatic carbocycles. The smallest absolute Gasteiger partial charge is 0.311 e. The molecule has 4 nitrogen and oxygen atoms in total. The van der Waals surface area contributed by atoms with Gasteiger partial charge in [0.1, 0.15) is 5.75 Å². The fraction of sp³-hybridized carbons (Fsp3) is 0.381. The molecule has 0 spiro atoms. The zero-order chi connectivity index (χ0) is 18.1. The van der Waals surface area contributed by atoms with Gasteiger partial charge in [-0.1, -0.05) is 25.1 Å². The Morgan fingerprint density at radius 3 is 2.16 bits per heavy atom. The lowest BCUT2D eigenvalue weighted by atomic mass is 10.1. The van der Waals surface area contributed by atoms with E-state index in [4.69, 9.17) is 14.2 Å². The van der Waals surface area contributed by atoms with Crippen LogP contribution in [0.3, 0.4) is 0 Å². The second-order valence-corrected chi connectivity index (χ2v) is 5.62.